The number of hydrogen-bond donors (Lipinski definition) is 0. The van der Waals surface area contributed by atoms with Crippen molar-refractivity contribution in [3.8, 4) is 5.69 Å². The van der Waals surface area contributed by atoms with E-state index < -0.39 is 0 Å². The van der Waals surface area contributed by atoms with E-state index in [9.17, 15) is 4.39 Å². The monoisotopic (exact) mass is 309 g/mol. The molecule has 118 valence electrons. The van der Waals surface area contributed by atoms with Crippen LogP contribution < -0.4 is 0 Å². The van der Waals surface area contributed by atoms with E-state index in [0.717, 1.165) is 42.8 Å². The maximum absolute atomic E-state index is 13.6. The number of piperidine rings is 1. The maximum atomic E-state index is 13.6. The molecular formula is C19H20FN3. The van der Waals surface area contributed by atoms with E-state index in [2.05, 4.69) is 30.1 Å². The van der Waals surface area contributed by atoms with Gasteiger partial charge in [-0.25, -0.2) is 9.07 Å². The third-order valence-corrected chi connectivity index (χ3v) is 4.77. The Bertz CT molecular complexity index is 832. The first kappa shape index (κ1) is 14.4. The van der Waals surface area contributed by atoms with Crippen molar-refractivity contribution in [3.05, 3.63) is 60.0 Å². The number of fused-ring (bicyclic) bond motifs is 1. The van der Waals surface area contributed by atoms with Crippen molar-refractivity contribution in [1.29, 1.82) is 0 Å². The normalized spacial score (nSPS) is 17.0. The van der Waals surface area contributed by atoms with E-state index in [-0.39, 0.29) is 5.82 Å². The largest absolute Gasteiger partial charge is 0.306 e. The van der Waals surface area contributed by atoms with E-state index in [1.54, 1.807) is 6.07 Å². The first-order valence-corrected chi connectivity index (χ1v) is 8.14. The molecule has 2 aromatic carbocycles. The van der Waals surface area contributed by atoms with E-state index in [1.165, 1.54) is 17.5 Å². The fourth-order valence-corrected chi connectivity index (χ4v) is 3.48. The van der Waals surface area contributed by atoms with Gasteiger partial charge < -0.3 is 4.90 Å². The average Bonchev–Trinajstić information content (AvgIpc) is 2.95. The Morgan fingerprint density at radius 2 is 1.83 bits per heavy atom. The molecule has 0 bridgehead atoms. The van der Waals surface area contributed by atoms with Gasteiger partial charge in [0.1, 0.15) is 5.82 Å². The van der Waals surface area contributed by atoms with Crippen LogP contribution in [0.15, 0.2) is 48.5 Å². The summed E-state index contributed by atoms with van der Waals surface area (Å²) >= 11 is 0. The van der Waals surface area contributed by atoms with Gasteiger partial charge in [0.25, 0.3) is 0 Å². The van der Waals surface area contributed by atoms with Crippen LogP contribution in [0.1, 0.15) is 24.5 Å². The van der Waals surface area contributed by atoms with Gasteiger partial charge in [0.15, 0.2) is 0 Å². The fourth-order valence-electron chi connectivity index (χ4n) is 3.48. The number of benzene rings is 2. The average molecular weight is 309 g/mol. The van der Waals surface area contributed by atoms with Crippen LogP contribution in [0, 0.1) is 5.82 Å². The Morgan fingerprint density at radius 1 is 1.04 bits per heavy atom. The Hall–Kier alpha value is -2.20. The van der Waals surface area contributed by atoms with Crippen LogP contribution in [0.25, 0.3) is 16.6 Å². The van der Waals surface area contributed by atoms with Crippen molar-refractivity contribution in [1.82, 2.24) is 14.7 Å². The van der Waals surface area contributed by atoms with Gasteiger partial charge in [-0.05, 0) is 57.2 Å². The number of nitrogens with zero attached hydrogens (tertiary/aromatic N) is 3. The van der Waals surface area contributed by atoms with E-state index in [4.69, 9.17) is 5.10 Å². The SMILES string of the molecule is CN1CCC(c2nn(-c3cccc(F)c3)c3ccccc23)CC1. The van der Waals surface area contributed by atoms with E-state index in [0.29, 0.717) is 5.92 Å². The van der Waals surface area contributed by atoms with Gasteiger partial charge in [0, 0.05) is 11.3 Å². The molecule has 1 aromatic heterocycles. The van der Waals surface area contributed by atoms with Gasteiger partial charge in [0.05, 0.1) is 16.9 Å². The predicted molar refractivity (Wildman–Crippen MR) is 90.5 cm³/mol. The number of halogens is 1. The Morgan fingerprint density at radius 3 is 2.61 bits per heavy atom. The second kappa shape index (κ2) is 5.78. The lowest BCUT2D eigenvalue weighted by Gasteiger charge is -2.28. The zero-order chi connectivity index (χ0) is 15.8. The zero-order valence-corrected chi connectivity index (χ0v) is 13.2. The molecule has 0 N–H and O–H groups in total. The molecule has 0 spiro atoms. The van der Waals surface area contributed by atoms with E-state index in [1.807, 2.05) is 16.8 Å². The number of rotatable bonds is 2. The minimum absolute atomic E-state index is 0.233. The summed E-state index contributed by atoms with van der Waals surface area (Å²) in [4.78, 5) is 2.36. The molecule has 4 rings (SSSR count). The van der Waals surface area contributed by atoms with Crippen LogP contribution in [-0.4, -0.2) is 34.8 Å². The molecule has 0 radical (unpaired) electrons. The summed E-state index contributed by atoms with van der Waals surface area (Å²) in [6.45, 7) is 2.21. The lowest BCUT2D eigenvalue weighted by molar-refractivity contribution is 0.253. The van der Waals surface area contributed by atoms with Crippen molar-refractivity contribution in [2.45, 2.75) is 18.8 Å². The van der Waals surface area contributed by atoms with Gasteiger partial charge in [-0.3, -0.25) is 0 Å². The molecule has 1 saturated heterocycles. The highest BCUT2D eigenvalue weighted by atomic mass is 19.1. The molecular weight excluding hydrogens is 289 g/mol. The van der Waals surface area contributed by atoms with Crippen molar-refractivity contribution in [2.75, 3.05) is 20.1 Å². The van der Waals surface area contributed by atoms with Crippen LogP contribution in [-0.2, 0) is 0 Å². The number of hydrogen-bond acceptors (Lipinski definition) is 2. The third kappa shape index (κ3) is 2.63. The van der Waals surface area contributed by atoms with Crippen LogP contribution in [0.5, 0.6) is 0 Å². The van der Waals surface area contributed by atoms with Crippen LogP contribution in [0.2, 0.25) is 0 Å². The Labute approximate surface area is 135 Å². The summed E-state index contributed by atoms with van der Waals surface area (Å²) in [7, 11) is 2.17. The minimum atomic E-state index is -0.233. The summed E-state index contributed by atoms with van der Waals surface area (Å²) in [5.41, 5.74) is 2.98. The smallest absolute Gasteiger partial charge is 0.125 e. The van der Waals surface area contributed by atoms with Crippen molar-refractivity contribution < 1.29 is 4.39 Å². The molecule has 23 heavy (non-hydrogen) atoms. The highest BCUT2D eigenvalue weighted by molar-refractivity contribution is 5.84. The van der Waals surface area contributed by atoms with Crippen LogP contribution in [0.4, 0.5) is 4.39 Å². The highest BCUT2D eigenvalue weighted by Crippen LogP contribution is 2.33. The second-order valence-electron chi connectivity index (χ2n) is 6.37. The summed E-state index contributed by atoms with van der Waals surface area (Å²) in [5, 5.41) is 6.07. The molecule has 0 aliphatic carbocycles. The van der Waals surface area contributed by atoms with Crippen molar-refractivity contribution >= 4 is 10.9 Å². The summed E-state index contributed by atoms with van der Waals surface area (Å²) in [5.74, 6) is 0.244. The van der Waals surface area contributed by atoms with Crippen molar-refractivity contribution in [3.63, 3.8) is 0 Å². The lowest BCUT2D eigenvalue weighted by Crippen LogP contribution is -2.29. The molecule has 1 fully saturated rings. The highest BCUT2D eigenvalue weighted by Gasteiger charge is 2.24. The molecule has 3 aromatic rings. The third-order valence-electron chi connectivity index (χ3n) is 4.77. The number of likely N-dealkylation sites (tertiary alicyclic amines) is 1. The zero-order valence-electron chi connectivity index (χ0n) is 13.2. The summed E-state index contributed by atoms with van der Waals surface area (Å²) in [6.07, 6.45) is 2.25. The molecule has 0 saturated carbocycles. The summed E-state index contributed by atoms with van der Waals surface area (Å²) in [6, 6.07) is 14.9. The molecule has 1 aliphatic heterocycles. The molecule has 4 heteroatoms. The van der Waals surface area contributed by atoms with Gasteiger partial charge in [-0.1, -0.05) is 24.3 Å². The first-order chi connectivity index (χ1) is 11.2. The van der Waals surface area contributed by atoms with Gasteiger partial charge in [-0.15, -0.1) is 0 Å². The summed E-state index contributed by atoms with van der Waals surface area (Å²) < 4.78 is 15.5. The lowest BCUT2D eigenvalue weighted by atomic mass is 9.92. The Balaban J connectivity index is 1.83. The van der Waals surface area contributed by atoms with E-state index >= 15 is 0 Å². The van der Waals surface area contributed by atoms with Gasteiger partial charge >= 0.3 is 0 Å². The number of aromatic nitrogens is 2. The number of para-hydroxylation sites is 1. The minimum Gasteiger partial charge on any atom is -0.306 e. The second-order valence-corrected chi connectivity index (χ2v) is 6.37. The molecule has 0 unspecified atom stereocenters. The quantitative estimate of drug-likeness (QED) is 0.714. The fraction of sp³-hybridized carbons (Fsp3) is 0.316. The van der Waals surface area contributed by atoms with Gasteiger partial charge in [0.2, 0.25) is 0 Å². The molecule has 2 heterocycles. The predicted octanol–water partition coefficient (Wildman–Crippen LogP) is 3.97. The van der Waals surface area contributed by atoms with Crippen LogP contribution >= 0.6 is 0 Å². The van der Waals surface area contributed by atoms with Crippen LogP contribution in [0.3, 0.4) is 0 Å². The molecule has 0 amide bonds. The Kier molecular flexibility index (Phi) is 3.62. The molecule has 3 nitrogen and oxygen atoms in total. The molecule has 1 aliphatic rings. The van der Waals surface area contributed by atoms with Gasteiger partial charge in [-0.2, -0.15) is 5.10 Å². The first-order valence-electron chi connectivity index (χ1n) is 8.14. The van der Waals surface area contributed by atoms with Crippen molar-refractivity contribution in [2.24, 2.45) is 0 Å². The standard InChI is InChI=1S/C19H20FN3/c1-22-11-9-14(10-12-22)19-17-7-2-3-8-18(17)23(21-19)16-6-4-5-15(20)13-16/h2-8,13-14H,9-12H2,1H3. The topological polar surface area (TPSA) is 21.1 Å². The molecule has 0 atom stereocenters. The maximum Gasteiger partial charge on any atom is 0.125 e.